The van der Waals surface area contributed by atoms with Crippen molar-refractivity contribution in [1.82, 2.24) is 20.0 Å². The number of nitrogens with one attached hydrogen (secondary N) is 1. The maximum atomic E-state index is 5.28. The van der Waals surface area contributed by atoms with Crippen molar-refractivity contribution in [2.45, 2.75) is 45.2 Å². The lowest BCUT2D eigenvalue weighted by atomic mass is 10.3. The third-order valence-corrected chi connectivity index (χ3v) is 3.31. The van der Waals surface area contributed by atoms with E-state index >= 15 is 0 Å². The van der Waals surface area contributed by atoms with E-state index in [1.165, 1.54) is 18.4 Å². The highest BCUT2D eigenvalue weighted by atomic mass is 16.5. The summed E-state index contributed by atoms with van der Waals surface area (Å²) < 4.78 is 7.37. The molecule has 0 spiro atoms. The average Bonchev–Trinajstić information content (AvgIpc) is 3.00. The maximum Gasteiger partial charge on any atom is 0.246 e. The van der Waals surface area contributed by atoms with E-state index in [0.717, 1.165) is 25.3 Å². The molecule has 5 nitrogen and oxygen atoms in total. The normalized spacial score (nSPS) is 15.0. The Balaban J connectivity index is 1.56. The molecule has 1 fully saturated rings. The van der Waals surface area contributed by atoms with Crippen LogP contribution >= 0.6 is 0 Å². The molecule has 0 aromatic carbocycles. The summed E-state index contributed by atoms with van der Waals surface area (Å²) in [6.45, 7) is 4.80. The fourth-order valence-corrected chi connectivity index (χ4v) is 2.10. The molecule has 0 amide bonds. The molecule has 1 N–H and O–H groups in total. The molecular weight excluding hydrogens is 240 g/mol. The lowest BCUT2D eigenvalue weighted by Gasteiger charge is -2.00. The van der Waals surface area contributed by atoms with Crippen LogP contribution in [0.25, 0.3) is 0 Å². The molecule has 0 radical (unpaired) electrons. The quantitative estimate of drug-likeness (QED) is 0.776. The van der Waals surface area contributed by atoms with Crippen molar-refractivity contribution in [3.05, 3.63) is 35.7 Å². The van der Waals surface area contributed by atoms with Crippen molar-refractivity contribution in [3.63, 3.8) is 0 Å². The molecule has 1 saturated carbocycles. The Hall–Kier alpha value is -1.62. The molecule has 0 saturated heterocycles. The minimum atomic E-state index is 0.552. The highest BCUT2D eigenvalue weighted by molar-refractivity contribution is 5.11. The molecule has 2 aromatic heterocycles. The van der Waals surface area contributed by atoms with Crippen LogP contribution in [0.4, 0.5) is 0 Å². The number of aromatic nitrogens is 3. The van der Waals surface area contributed by atoms with E-state index in [0.29, 0.717) is 18.4 Å². The van der Waals surface area contributed by atoms with Crippen LogP contribution in [0.3, 0.4) is 0 Å². The van der Waals surface area contributed by atoms with Crippen LogP contribution in [-0.4, -0.2) is 21.3 Å². The highest BCUT2D eigenvalue weighted by Gasteiger charge is 2.28. The van der Waals surface area contributed by atoms with Crippen LogP contribution < -0.4 is 5.32 Å². The molecule has 1 aliphatic rings. The summed E-state index contributed by atoms with van der Waals surface area (Å²) in [7, 11) is 0. The van der Waals surface area contributed by atoms with E-state index in [9.17, 15) is 0 Å². The second-order valence-electron chi connectivity index (χ2n) is 5.19. The Bertz CT molecular complexity index is 527. The van der Waals surface area contributed by atoms with Crippen molar-refractivity contribution in [1.29, 1.82) is 0 Å². The van der Waals surface area contributed by atoms with Gasteiger partial charge in [-0.25, -0.2) is 0 Å². The third-order valence-electron chi connectivity index (χ3n) is 3.31. The van der Waals surface area contributed by atoms with E-state index in [2.05, 4.69) is 45.4 Å². The fourth-order valence-electron chi connectivity index (χ4n) is 2.10. The first-order chi connectivity index (χ1) is 9.35. The monoisotopic (exact) mass is 260 g/mol. The van der Waals surface area contributed by atoms with Crippen LogP contribution in [0, 0.1) is 0 Å². The van der Waals surface area contributed by atoms with E-state index in [1.807, 2.05) is 0 Å². The molecule has 5 heteroatoms. The minimum absolute atomic E-state index is 0.552. The van der Waals surface area contributed by atoms with Gasteiger partial charge in [0.25, 0.3) is 0 Å². The number of nitrogens with zero attached hydrogens (tertiary/aromatic N) is 3. The van der Waals surface area contributed by atoms with Gasteiger partial charge in [0.2, 0.25) is 5.89 Å². The van der Waals surface area contributed by atoms with Crippen LogP contribution in [-0.2, 0) is 13.1 Å². The molecule has 0 unspecified atom stereocenters. The fraction of sp³-hybridized carbons (Fsp3) is 0.571. The summed E-state index contributed by atoms with van der Waals surface area (Å²) in [5, 5.41) is 7.42. The second-order valence-corrected chi connectivity index (χ2v) is 5.19. The first kappa shape index (κ1) is 12.4. The molecule has 3 rings (SSSR count). The standard InChI is InChI=1S/C14H20N4O/c1-2-6-15-8-11-5-7-18(9-11)10-13-16-14(17-19-13)12-3-4-12/h5,7,9,12,15H,2-4,6,8,10H2,1H3. The van der Waals surface area contributed by atoms with Gasteiger partial charge in [-0.15, -0.1) is 0 Å². The third kappa shape index (κ3) is 3.23. The van der Waals surface area contributed by atoms with Crippen molar-refractivity contribution >= 4 is 0 Å². The molecule has 0 aliphatic heterocycles. The van der Waals surface area contributed by atoms with Gasteiger partial charge in [0.05, 0.1) is 0 Å². The Morgan fingerprint density at radius 2 is 2.37 bits per heavy atom. The zero-order chi connectivity index (χ0) is 13.1. The second kappa shape index (κ2) is 5.57. The first-order valence-electron chi connectivity index (χ1n) is 7.03. The average molecular weight is 260 g/mol. The van der Waals surface area contributed by atoms with Crippen molar-refractivity contribution in [3.8, 4) is 0 Å². The highest BCUT2D eigenvalue weighted by Crippen LogP contribution is 2.38. The Morgan fingerprint density at radius 3 is 3.16 bits per heavy atom. The summed E-state index contributed by atoms with van der Waals surface area (Å²) in [4.78, 5) is 4.44. The van der Waals surface area contributed by atoms with Gasteiger partial charge in [-0.2, -0.15) is 4.98 Å². The number of hydrogen-bond donors (Lipinski definition) is 1. The van der Waals surface area contributed by atoms with E-state index < -0.39 is 0 Å². The van der Waals surface area contributed by atoms with Gasteiger partial charge in [-0.05, 0) is 37.4 Å². The minimum Gasteiger partial charge on any atom is -0.345 e. The Labute approximate surface area is 113 Å². The van der Waals surface area contributed by atoms with Gasteiger partial charge in [0.15, 0.2) is 5.82 Å². The molecular formula is C14H20N4O. The summed E-state index contributed by atoms with van der Waals surface area (Å²) in [5.41, 5.74) is 1.29. The topological polar surface area (TPSA) is 55.9 Å². The summed E-state index contributed by atoms with van der Waals surface area (Å²) in [6.07, 6.45) is 7.76. The van der Waals surface area contributed by atoms with Gasteiger partial charge in [-0.3, -0.25) is 0 Å². The van der Waals surface area contributed by atoms with E-state index in [1.54, 1.807) is 0 Å². The summed E-state index contributed by atoms with van der Waals surface area (Å²) in [5.74, 6) is 2.13. The SMILES string of the molecule is CCCNCc1ccn(Cc2nc(C3CC3)no2)c1. The largest absolute Gasteiger partial charge is 0.345 e. The lowest BCUT2D eigenvalue weighted by Crippen LogP contribution is -2.13. The van der Waals surface area contributed by atoms with Gasteiger partial charge in [0, 0.05) is 24.9 Å². The molecule has 19 heavy (non-hydrogen) atoms. The van der Waals surface area contributed by atoms with Crippen LogP contribution in [0.2, 0.25) is 0 Å². The van der Waals surface area contributed by atoms with Crippen molar-refractivity contribution < 1.29 is 4.52 Å². The zero-order valence-corrected chi connectivity index (χ0v) is 11.3. The van der Waals surface area contributed by atoms with E-state index in [4.69, 9.17) is 4.52 Å². The predicted molar refractivity (Wildman–Crippen MR) is 71.8 cm³/mol. The van der Waals surface area contributed by atoms with Gasteiger partial charge >= 0.3 is 0 Å². The van der Waals surface area contributed by atoms with Gasteiger partial charge in [0.1, 0.15) is 6.54 Å². The molecule has 2 aromatic rings. The molecule has 0 atom stereocenters. The predicted octanol–water partition coefficient (Wildman–Crippen LogP) is 2.30. The molecule has 102 valence electrons. The maximum absolute atomic E-state index is 5.28. The number of hydrogen-bond acceptors (Lipinski definition) is 4. The van der Waals surface area contributed by atoms with Crippen molar-refractivity contribution in [2.75, 3.05) is 6.54 Å². The Morgan fingerprint density at radius 1 is 1.47 bits per heavy atom. The summed E-state index contributed by atoms with van der Waals surface area (Å²) >= 11 is 0. The molecule has 2 heterocycles. The van der Waals surface area contributed by atoms with E-state index in [-0.39, 0.29) is 0 Å². The molecule has 0 bridgehead atoms. The van der Waals surface area contributed by atoms with Crippen molar-refractivity contribution in [2.24, 2.45) is 0 Å². The number of rotatable bonds is 7. The molecule has 1 aliphatic carbocycles. The van der Waals surface area contributed by atoms with Gasteiger partial charge < -0.3 is 14.4 Å². The van der Waals surface area contributed by atoms with Crippen LogP contribution in [0.15, 0.2) is 23.0 Å². The Kier molecular flexibility index (Phi) is 3.64. The van der Waals surface area contributed by atoms with Crippen LogP contribution in [0.5, 0.6) is 0 Å². The first-order valence-corrected chi connectivity index (χ1v) is 7.03. The zero-order valence-electron chi connectivity index (χ0n) is 11.3. The smallest absolute Gasteiger partial charge is 0.246 e. The van der Waals surface area contributed by atoms with Gasteiger partial charge in [-0.1, -0.05) is 12.1 Å². The lowest BCUT2D eigenvalue weighted by molar-refractivity contribution is 0.366. The summed E-state index contributed by atoms with van der Waals surface area (Å²) in [6, 6.07) is 2.13. The van der Waals surface area contributed by atoms with Crippen LogP contribution in [0.1, 0.15) is 49.4 Å².